The SMILES string of the molecule is COC(=O)[C@@H](CSCC(CC(=O)O)C(=O)c1cccnc1)NC(=O)Nc1ccccc1F. The number of benzene rings is 1. The molecule has 170 valence electrons. The minimum Gasteiger partial charge on any atom is -0.481 e. The number of para-hydroxylation sites is 1. The second kappa shape index (κ2) is 12.4. The highest BCUT2D eigenvalue weighted by atomic mass is 32.2. The number of halogens is 1. The average Bonchev–Trinajstić information content (AvgIpc) is 2.78. The van der Waals surface area contributed by atoms with Crippen molar-refractivity contribution in [3.63, 3.8) is 0 Å². The van der Waals surface area contributed by atoms with Crippen LogP contribution in [0, 0.1) is 11.7 Å². The van der Waals surface area contributed by atoms with Crippen LogP contribution in [0.4, 0.5) is 14.9 Å². The fourth-order valence-electron chi connectivity index (χ4n) is 2.70. The number of methoxy groups -OCH3 is 1. The number of urea groups is 1. The van der Waals surface area contributed by atoms with E-state index in [1.54, 1.807) is 12.1 Å². The normalized spacial score (nSPS) is 12.3. The van der Waals surface area contributed by atoms with Crippen LogP contribution in [0.3, 0.4) is 0 Å². The third kappa shape index (κ3) is 7.65. The average molecular weight is 463 g/mol. The number of aromatic nitrogens is 1. The number of carbonyl (C=O) groups is 4. The van der Waals surface area contributed by atoms with E-state index in [4.69, 9.17) is 5.11 Å². The van der Waals surface area contributed by atoms with Crippen molar-refractivity contribution in [1.82, 2.24) is 10.3 Å². The number of carboxylic acid groups (broad SMARTS) is 1. The number of aliphatic carboxylic acids is 1. The van der Waals surface area contributed by atoms with Gasteiger partial charge in [0.2, 0.25) is 0 Å². The molecule has 0 fully saturated rings. The van der Waals surface area contributed by atoms with Crippen LogP contribution >= 0.6 is 11.8 Å². The van der Waals surface area contributed by atoms with Gasteiger partial charge in [-0.3, -0.25) is 14.6 Å². The number of rotatable bonds is 11. The molecule has 3 N–H and O–H groups in total. The Hall–Kier alpha value is -3.47. The van der Waals surface area contributed by atoms with Gasteiger partial charge in [-0.2, -0.15) is 11.8 Å². The Morgan fingerprint density at radius 3 is 2.53 bits per heavy atom. The summed E-state index contributed by atoms with van der Waals surface area (Å²) in [5.74, 6) is -3.66. The zero-order valence-electron chi connectivity index (χ0n) is 17.1. The van der Waals surface area contributed by atoms with Crippen molar-refractivity contribution >= 4 is 41.2 Å². The maximum atomic E-state index is 13.7. The lowest BCUT2D eigenvalue weighted by atomic mass is 9.97. The molecule has 1 aromatic carbocycles. The molecule has 0 spiro atoms. The molecule has 2 amide bonds. The number of thioether (sulfide) groups is 1. The van der Waals surface area contributed by atoms with E-state index in [1.165, 1.54) is 36.7 Å². The Kier molecular flexibility index (Phi) is 9.61. The van der Waals surface area contributed by atoms with Crippen LogP contribution in [0.25, 0.3) is 0 Å². The van der Waals surface area contributed by atoms with Gasteiger partial charge in [0, 0.05) is 35.4 Å². The second-order valence-corrected chi connectivity index (χ2v) is 7.67. The van der Waals surface area contributed by atoms with Crippen LogP contribution in [0.15, 0.2) is 48.8 Å². The molecule has 0 radical (unpaired) electrons. The summed E-state index contributed by atoms with van der Waals surface area (Å²) >= 11 is 1.11. The molecule has 2 aromatic rings. The van der Waals surface area contributed by atoms with E-state index in [1.807, 2.05) is 0 Å². The zero-order valence-corrected chi connectivity index (χ0v) is 17.9. The van der Waals surface area contributed by atoms with Gasteiger partial charge in [-0.05, 0) is 24.3 Å². The number of esters is 1. The molecular formula is C21H22FN3O6S. The molecular weight excluding hydrogens is 441 g/mol. The summed E-state index contributed by atoms with van der Waals surface area (Å²) in [6.45, 7) is 0. The van der Waals surface area contributed by atoms with Crippen LogP contribution < -0.4 is 10.6 Å². The number of carbonyl (C=O) groups excluding carboxylic acids is 3. The topological polar surface area (TPSA) is 135 Å². The molecule has 0 aliphatic rings. The highest BCUT2D eigenvalue weighted by molar-refractivity contribution is 7.99. The highest BCUT2D eigenvalue weighted by Gasteiger charge is 2.26. The minimum atomic E-state index is -1.14. The van der Waals surface area contributed by atoms with Crippen molar-refractivity contribution in [3.05, 3.63) is 60.2 Å². The molecule has 9 nitrogen and oxygen atoms in total. The molecule has 2 atom stereocenters. The van der Waals surface area contributed by atoms with Crippen LogP contribution in [0.5, 0.6) is 0 Å². The van der Waals surface area contributed by atoms with Crippen molar-refractivity contribution in [1.29, 1.82) is 0 Å². The first kappa shape index (κ1) is 24.8. The molecule has 2 rings (SSSR count). The monoisotopic (exact) mass is 463 g/mol. The Bertz CT molecular complexity index is 960. The fourth-order valence-corrected chi connectivity index (χ4v) is 3.85. The van der Waals surface area contributed by atoms with Crippen LogP contribution in [0.1, 0.15) is 16.8 Å². The largest absolute Gasteiger partial charge is 0.481 e. The predicted octanol–water partition coefficient (Wildman–Crippen LogP) is 2.59. The summed E-state index contributed by atoms with van der Waals surface area (Å²) in [5, 5.41) is 13.8. The predicted molar refractivity (Wildman–Crippen MR) is 116 cm³/mol. The van der Waals surface area contributed by atoms with Crippen molar-refractivity contribution < 1.29 is 33.4 Å². The molecule has 0 saturated carbocycles. The summed E-state index contributed by atoms with van der Waals surface area (Å²) in [6, 6.07) is 6.73. The summed E-state index contributed by atoms with van der Waals surface area (Å²) in [5.41, 5.74) is 0.219. The van der Waals surface area contributed by atoms with Crippen LogP contribution in [-0.4, -0.2) is 58.5 Å². The van der Waals surface area contributed by atoms with E-state index in [-0.39, 0.29) is 28.5 Å². The number of anilines is 1. The molecule has 0 saturated heterocycles. The molecule has 32 heavy (non-hydrogen) atoms. The molecule has 0 aliphatic heterocycles. The van der Waals surface area contributed by atoms with Gasteiger partial charge in [-0.1, -0.05) is 12.1 Å². The highest BCUT2D eigenvalue weighted by Crippen LogP contribution is 2.19. The van der Waals surface area contributed by atoms with Crippen LogP contribution in [0.2, 0.25) is 0 Å². The number of hydrogen-bond acceptors (Lipinski definition) is 7. The van der Waals surface area contributed by atoms with Gasteiger partial charge in [0.05, 0.1) is 19.2 Å². The van der Waals surface area contributed by atoms with Crippen molar-refractivity contribution in [2.75, 3.05) is 23.9 Å². The fraction of sp³-hybridized carbons (Fsp3) is 0.286. The number of nitrogens with one attached hydrogen (secondary N) is 2. The second-order valence-electron chi connectivity index (χ2n) is 6.59. The lowest BCUT2D eigenvalue weighted by Gasteiger charge is -2.18. The Morgan fingerprint density at radius 2 is 1.91 bits per heavy atom. The Morgan fingerprint density at radius 1 is 1.16 bits per heavy atom. The molecule has 0 bridgehead atoms. The van der Waals surface area contributed by atoms with Gasteiger partial charge in [0.15, 0.2) is 5.78 Å². The van der Waals surface area contributed by atoms with Gasteiger partial charge < -0.3 is 20.5 Å². The van der Waals surface area contributed by atoms with Gasteiger partial charge in [-0.25, -0.2) is 14.0 Å². The van der Waals surface area contributed by atoms with E-state index in [0.717, 1.165) is 18.9 Å². The van der Waals surface area contributed by atoms with E-state index in [0.29, 0.717) is 0 Å². The number of ketones is 1. The van der Waals surface area contributed by atoms with E-state index >= 15 is 0 Å². The summed E-state index contributed by atoms with van der Waals surface area (Å²) in [6.07, 6.45) is 2.45. The molecule has 11 heteroatoms. The van der Waals surface area contributed by atoms with Crippen molar-refractivity contribution in [3.8, 4) is 0 Å². The maximum absolute atomic E-state index is 13.7. The number of Topliss-reactive ketones (excluding diaryl/α,β-unsaturated/α-hetero) is 1. The van der Waals surface area contributed by atoms with Gasteiger partial charge in [0.1, 0.15) is 11.9 Å². The molecule has 1 aromatic heterocycles. The van der Waals surface area contributed by atoms with Crippen molar-refractivity contribution in [2.45, 2.75) is 12.5 Å². The molecule has 1 heterocycles. The van der Waals surface area contributed by atoms with E-state index in [9.17, 15) is 23.6 Å². The molecule has 1 unspecified atom stereocenters. The number of ether oxygens (including phenoxy) is 1. The summed E-state index contributed by atoms with van der Waals surface area (Å²) in [4.78, 5) is 51.9. The van der Waals surface area contributed by atoms with Gasteiger partial charge in [0.25, 0.3) is 0 Å². The Balaban J connectivity index is 1.99. The Labute approximate surface area is 187 Å². The van der Waals surface area contributed by atoms with Crippen LogP contribution in [-0.2, 0) is 14.3 Å². The first-order chi connectivity index (χ1) is 15.3. The van der Waals surface area contributed by atoms with Gasteiger partial charge >= 0.3 is 18.0 Å². The quantitative estimate of drug-likeness (QED) is 0.342. The summed E-state index contributed by atoms with van der Waals surface area (Å²) < 4.78 is 18.4. The minimum absolute atomic E-state index is 0.00774. The maximum Gasteiger partial charge on any atom is 0.329 e. The zero-order chi connectivity index (χ0) is 23.5. The van der Waals surface area contributed by atoms with Crippen molar-refractivity contribution in [2.24, 2.45) is 5.92 Å². The first-order valence-electron chi connectivity index (χ1n) is 9.45. The number of hydrogen-bond donors (Lipinski definition) is 3. The molecule has 0 aliphatic carbocycles. The first-order valence-corrected chi connectivity index (χ1v) is 10.6. The standard InChI is InChI=1S/C21H22FN3O6S/c1-31-20(29)17(25-21(30)24-16-7-3-2-6-15(16)22)12-32-11-14(9-18(26)27)19(28)13-5-4-8-23-10-13/h2-8,10,14,17H,9,11-12H2,1H3,(H,26,27)(H2,24,25,30)/t14?,17-/m1/s1. The smallest absolute Gasteiger partial charge is 0.329 e. The summed E-state index contributed by atoms with van der Waals surface area (Å²) in [7, 11) is 1.15. The third-order valence-electron chi connectivity index (χ3n) is 4.25. The lowest BCUT2D eigenvalue weighted by Crippen LogP contribution is -2.45. The number of pyridine rings is 1. The number of carboxylic acids is 1. The lowest BCUT2D eigenvalue weighted by molar-refractivity contribution is -0.142. The van der Waals surface area contributed by atoms with E-state index < -0.39 is 42.2 Å². The number of amides is 2. The third-order valence-corrected chi connectivity index (χ3v) is 5.46. The van der Waals surface area contributed by atoms with Gasteiger partial charge in [-0.15, -0.1) is 0 Å². The number of nitrogens with zero attached hydrogens (tertiary/aromatic N) is 1. The van der Waals surface area contributed by atoms with E-state index in [2.05, 4.69) is 20.4 Å².